The van der Waals surface area contributed by atoms with E-state index in [2.05, 4.69) is 33.7 Å². The van der Waals surface area contributed by atoms with Gasteiger partial charge in [0.25, 0.3) is 0 Å². The van der Waals surface area contributed by atoms with Crippen molar-refractivity contribution in [3.05, 3.63) is 78.4 Å². The van der Waals surface area contributed by atoms with Crippen LogP contribution in [0.3, 0.4) is 0 Å². The number of benzene rings is 1. The van der Waals surface area contributed by atoms with Crippen LogP contribution in [0, 0.1) is 23.7 Å². The van der Waals surface area contributed by atoms with Crippen LogP contribution in [0.15, 0.2) is 61.6 Å². The molecular formula is C30H29N7O2. The molecule has 0 radical (unpaired) electrons. The molecule has 1 spiro atoms. The first-order valence-electron chi connectivity index (χ1n) is 13.0. The van der Waals surface area contributed by atoms with Crippen LogP contribution in [0.5, 0.6) is 5.88 Å². The summed E-state index contributed by atoms with van der Waals surface area (Å²) in [6.07, 6.45) is 7.58. The van der Waals surface area contributed by atoms with Crippen LogP contribution in [-0.4, -0.2) is 56.7 Å². The van der Waals surface area contributed by atoms with E-state index in [-0.39, 0.29) is 17.9 Å². The summed E-state index contributed by atoms with van der Waals surface area (Å²) in [5.41, 5.74) is 5.65. The molecule has 0 atom stereocenters. The Balaban J connectivity index is 1.44. The molecule has 0 saturated carbocycles. The Morgan fingerprint density at radius 3 is 2.79 bits per heavy atom. The van der Waals surface area contributed by atoms with E-state index in [0.717, 1.165) is 46.3 Å². The first kappa shape index (κ1) is 24.6. The van der Waals surface area contributed by atoms with Crippen LogP contribution in [-0.2, 0) is 18.4 Å². The molecule has 1 amide bonds. The van der Waals surface area contributed by atoms with E-state index in [4.69, 9.17) is 9.72 Å². The van der Waals surface area contributed by atoms with E-state index in [1.54, 1.807) is 12.4 Å². The van der Waals surface area contributed by atoms with Gasteiger partial charge in [-0.15, -0.1) is 0 Å². The molecule has 0 aliphatic carbocycles. The minimum absolute atomic E-state index is 0.0162. The number of anilines is 1. The number of aromatic nitrogens is 4. The standard InChI is InChI=1S/C30H29N7O2/c1-4-25(38)37-18-30(19-37)10-12-36(17-30)28-23(13-31)24(15-33-29(28)39-16-22-7-5-6-11-32-22)26-20(2)8-9-21-14-34-35(3)27(21)26/h4-9,11,14-15H,1,10,12,16-19H2,2-3H3. The summed E-state index contributed by atoms with van der Waals surface area (Å²) >= 11 is 0. The lowest BCUT2D eigenvalue weighted by Crippen LogP contribution is -2.59. The molecule has 5 heterocycles. The lowest BCUT2D eigenvalue weighted by Gasteiger charge is -2.47. The van der Waals surface area contributed by atoms with Crippen molar-refractivity contribution in [3.8, 4) is 23.1 Å². The molecule has 0 N–H and O–H groups in total. The zero-order valence-electron chi connectivity index (χ0n) is 22.1. The number of carbonyl (C=O) groups is 1. The molecule has 39 heavy (non-hydrogen) atoms. The molecule has 1 aromatic carbocycles. The Labute approximate surface area is 227 Å². The van der Waals surface area contributed by atoms with Gasteiger partial charge in [-0.3, -0.25) is 14.5 Å². The minimum Gasteiger partial charge on any atom is -0.470 e. The van der Waals surface area contributed by atoms with Gasteiger partial charge >= 0.3 is 0 Å². The third kappa shape index (κ3) is 4.18. The number of hydrogen-bond donors (Lipinski definition) is 0. The van der Waals surface area contributed by atoms with Crippen molar-refractivity contribution >= 4 is 22.5 Å². The van der Waals surface area contributed by atoms with Crippen LogP contribution >= 0.6 is 0 Å². The fourth-order valence-corrected chi connectivity index (χ4v) is 5.95. The molecule has 9 nitrogen and oxygen atoms in total. The number of likely N-dealkylation sites (tertiary alicyclic amines) is 1. The van der Waals surface area contributed by atoms with Gasteiger partial charge in [-0.1, -0.05) is 24.8 Å². The number of rotatable bonds is 6. The Hall–Kier alpha value is -4.71. The number of carbonyl (C=O) groups excluding carboxylic acids is 1. The van der Waals surface area contributed by atoms with Gasteiger partial charge in [-0.2, -0.15) is 10.4 Å². The second-order valence-corrected chi connectivity index (χ2v) is 10.5. The highest BCUT2D eigenvalue weighted by Gasteiger charge is 2.49. The van der Waals surface area contributed by atoms with Crippen LogP contribution in [0.4, 0.5) is 5.69 Å². The average molecular weight is 520 g/mol. The number of hydrogen-bond acceptors (Lipinski definition) is 7. The number of aryl methyl sites for hydroxylation is 2. The van der Waals surface area contributed by atoms with E-state index in [0.29, 0.717) is 36.8 Å². The number of nitriles is 1. The van der Waals surface area contributed by atoms with Crippen molar-refractivity contribution in [3.63, 3.8) is 0 Å². The monoisotopic (exact) mass is 519 g/mol. The Morgan fingerprint density at radius 2 is 2.05 bits per heavy atom. The van der Waals surface area contributed by atoms with E-state index in [1.807, 2.05) is 54.0 Å². The summed E-state index contributed by atoms with van der Waals surface area (Å²) < 4.78 is 8.07. The largest absolute Gasteiger partial charge is 0.470 e. The molecule has 4 aromatic rings. The first-order valence-corrected chi connectivity index (χ1v) is 13.0. The minimum atomic E-state index is -0.0421. The Bertz CT molecular complexity index is 1630. The molecule has 2 fully saturated rings. The SMILES string of the molecule is C=CC(=O)N1CC2(CCN(c3c(OCc4ccccn4)ncc(-c4c(C)ccc5cnn(C)c45)c3C#N)C2)C1. The van der Waals surface area contributed by atoms with Crippen LogP contribution < -0.4 is 9.64 Å². The maximum absolute atomic E-state index is 12.1. The summed E-state index contributed by atoms with van der Waals surface area (Å²) in [5.74, 6) is 0.366. The molecular weight excluding hydrogens is 490 g/mol. The quantitative estimate of drug-likeness (QED) is 0.355. The fourth-order valence-electron chi connectivity index (χ4n) is 5.95. The number of pyridine rings is 2. The second kappa shape index (κ2) is 9.55. The summed E-state index contributed by atoms with van der Waals surface area (Å²) in [5, 5.41) is 16.1. The van der Waals surface area contributed by atoms with Crippen molar-refractivity contribution in [2.45, 2.75) is 20.0 Å². The molecule has 2 saturated heterocycles. The molecule has 9 heteroatoms. The normalized spacial score (nSPS) is 15.8. The van der Waals surface area contributed by atoms with Crippen molar-refractivity contribution in [1.82, 2.24) is 24.6 Å². The summed E-state index contributed by atoms with van der Waals surface area (Å²) in [7, 11) is 1.91. The zero-order chi connectivity index (χ0) is 27.1. The highest BCUT2D eigenvalue weighted by atomic mass is 16.5. The van der Waals surface area contributed by atoms with E-state index in [1.165, 1.54) is 6.08 Å². The Morgan fingerprint density at radius 1 is 1.21 bits per heavy atom. The van der Waals surface area contributed by atoms with Crippen molar-refractivity contribution in [2.24, 2.45) is 12.5 Å². The van der Waals surface area contributed by atoms with Gasteiger partial charge in [0, 0.05) is 67.5 Å². The van der Waals surface area contributed by atoms with E-state index >= 15 is 0 Å². The third-order valence-corrected chi connectivity index (χ3v) is 7.89. The van der Waals surface area contributed by atoms with E-state index in [9.17, 15) is 10.1 Å². The van der Waals surface area contributed by atoms with Crippen LogP contribution in [0.25, 0.3) is 22.0 Å². The lowest BCUT2D eigenvalue weighted by atomic mass is 9.79. The van der Waals surface area contributed by atoms with Gasteiger partial charge in [-0.05, 0) is 37.1 Å². The maximum atomic E-state index is 12.1. The van der Waals surface area contributed by atoms with E-state index < -0.39 is 0 Å². The van der Waals surface area contributed by atoms with Gasteiger partial charge in [0.05, 0.1) is 23.0 Å². The molecule has 2 aliphatic heterocycles. The highest BCUT2D eigenvalue weighted by Crippen LogP contribution is 2.46. The van der Waals surface area contributed by atoms with Gasteiger partial charge in [0.1, 0.15) is 18.4 Å². The molecule has 6 rings (SSSR count). The average Bonchev–Trinajstić information content (AvgIpc) is 3.55. The summed E-state index contributed by atoms with van der Waals surface area (Å²) in [4.78, 5) is 25.3. The predicted octanol–water partition coefficient (Wildman–Crippen LogP) is 4.01. The fraction of sp³-hybridized carbons (Fsp3) is 0.300. The zero-order valence-corrected chi connectivity index (χ0v) is 22.1. The molecule has 3 aromatic heterocycles. The molecule has 0 bridgehead atoms. The second-order valence-electron chi connectivity index (χ2n) is 10.5. The number of nitrogens with zero attached hydrogens (tertiary/aromatic N) is 7. The molecule has 196 valence electrons. The van der Waals surface area contributed by atoms with Gasteiger partial charge < -0.3 is 14.5 Å². The number of ether oxygens (including phenoxy) is 1. The topological polar surface area (TPSA) is 100 Å². The van der Waals surface area contributed by atoms with Gasteiger partial charge in [-0.25, -0.2) is 4.98 Å². The van der Waals surface area contributed by atoms with Gasteiger partial charge in [0.15, 0.2) is 0 Å². The third-order valence-electron chi connectivity index (χ3n) is 7.89. The van der Waals surface area contributed by atoms with Crippen molar-refractivity contribution in [1.29, 1.82) is 5.26 Å². The predicted molar refractivity (Wildman–Crippen MR) is 148 cm³/mol. The smallest absolute Gasteiger partial charge is 0.245 e. The van der Waals surface area contributed by atoms with Crippen molar-refractivity contribution in [2.75, 3.05) is 31.1 Å². The first-order chi connectivity index (χ1) is 18.9. The Kier molecular flexibility index (Phi) is 6.03. The molecule has 0 unspecified atom stereocenters. The van der Waals surface area contributed by atoms with Crippen LogP contribution in [0.2, 0.25) is 0 Å². The number of amides is 1. The number of fused-ring (bicyclic) bond motifs is 1. The summed E-state index contributed by atoms with van der Waals surface area (Å²) in [6, 6.07) is 12.3. The van der Waals surface area contributed by atoms with Crippen molar-refractivity contribution < 1.29 is 9.53 Å². The van der Waals surface area contributed by atoms with Gasteiger partial charge in [0.2, 0.25) is 11.8 Å². The van der Waals surface area contributed by atoms with Crippen LogP contribution in [0.1, 0.15) is 23.2 Å². The lowest BCUT2D eigenvalue weighted by molar-refractivity contribution is -0.136. The molecule has 2 aliphatic rings. The maximum Gasteiger partial charge on any atom is 0.245 e. The summed E-state index contributed by atoms with van der Waals surface area (Å²) in [6.45, 7) is 8.71. The highest BCUT2D eigenvalue weighted by molar-refractivity contribution is 5.98.